The Bertz CT molecular complexity index is 689. The molecule has 5 heteroatoms. The minimum atomic E-state index is -0.437. The van der Waals surface area contributed by atoms with E-state index in [-0.39, 0.29) is 0 Å². The molecule has 0 radical (unpaired) electrons. The molecular formula is C16H17NO3S. The second kappa shape index (κ2) is 6.54. The predicted octanol–water partition coefficient (Wildman–Crippen LogP) is 3.59. The van der Waals surface area contributed by atoms with E-state index in [1.54, 1.807) is 6.20 Å². The van der Waals surface area contributed by atoms with Gasteiger partial charge in [0.1, 0.15) is 10.6 Å². The molecule has 0 N–H and O–H groups in total. The lowest BCUT2D eigenvalue weighted by Gasteiger charge is -2.03. The van der Waals surface area contributed by atoms with Crippen LogP contribution < -0.4 is 0 Å². The molecular weight excluding hydrogens is 286 g/mol. The second-order valence-electron chi connectivity index (χ2n) is 4.61. The molecule has 2 rings (SSSR count). The van der Waals surface area contributed by atoms with E-state index < -0.39 is 5.97 Å². The molecule has 1 heterocycles. The van der Waals surface area contributed by atoms with Gasteiger partial charge in [0.15, 0.2) is 0 Å². The molecule has 0 spiro atoms. The number of ether oxygens (including phenoxy) is 2. The van der Waals surface area contributed by atoms with Gasteiger partial charge < -0.3 is 9.47 Å². The van der Waals surface area contributed by atoms with Gasteiger partial charge in [-0.05, 0) is 19.4 Å². The number of carbonyl (C=O) groups is 1. The van der Waals surface area contributed by atoms with E-state index in [0.717, 1.165) is 21.0 Å². The number of esters is 1. The van der Waals surface area contributed by atoms with Crippen LogP contribution in [0, 0.1) is 13.8 Å². The standard InChI is InChI=1S/C16H17NO3S/c1-10-5-6-12(11(2)7-10)15-17-8-14(21-15)13(9-19-3)16(18)20-4/h5-9H,1-4H3. The van der Waals surface area contributed by atoms with Gasteiger partial charge in [-0.2, -0.15) is 0 Å². The number of hydrogen-bond acceptors (Lipinski definition) is 5. The van der Waals surface area contributed by atoms with Crippen molar-refractivity contribution < 1.29 is 14.3 Å². The maximum Gasteiger partial charge on any atom is 0.342 e. The van der Waals surface area contributed by atoms with Gasteiger partial charge in [-0.3, -0.25) is 0 Å². The summed E-state index contributed by atoms with van der Waals surface area (Å²) in [5.41, 5.74) is 3.81. The Morgan fingerprint density at radius 1 is 1.29 bits per heavy atom. The van der Waals surface area contributed by atoms with Crippen LogP contribution in [0.5, 0.6) is 0 Å². The Morgan fingerprint density at radius 2 is 2.05 bits per heavy atom. The van der Waals surface area contributed by atoms with Crippen LogP contribution in [0.2, 0.25) is 0 Å². The summed E-state index contributed by atoms with van der Waals surface area (Å²) in [4.78, 5) is 16.9. The molecule has 2 aromatic rings. The number of hydrogen-bond donors (Lipinski definition) is 0. The third-order valence-electron chi connectivity index (χ3n) is 3.02. The SMILES string of the molecule is COC=C(C(=O)OC)c1cnc(-c2ccc(C)cc2C)s1. The summed E-state index contributed by atoms with van der Waals surface area (Å²) < 4.78 is 9.72. The van der Waals surface area contributed by atoms with Crippen LogP contribution in [-0.4, -0.2) is 25.2 Å². The number of rotatable bonds is 4. The van der Waals surface area contributed by atoms with Crippen molar-refractivity contribution in [2.45, 2.75) is 13.8 Å². The molecule has 0 aliphatic carbocycles. The first-order chi connectivity index (χ1) is 10.1. The van der Waals surface area contributed by atoms with Crippen LogP contribution in [-0.2, 0) is 14.3 Å². The van der Waals surface area contributed by atoms with Crippen molar-refractivity contribution in [1.29, 1.82) is 0 Å². The zero-order valence-corrected chi connectivity index (χ0v) is 13.3. The highest BCUT2D eigenvalue weighted by Gasteiger charge is 2.17. The molecule has 0 atom stereocenters. The van der Waals surface area contributed by atoms with Crippen molar-refractivity contribution in [3.8, 4) is 10.6 Å². The van der Waals surface area contributed by atoms with Crippen molar-refractivity contribution in [3.63, 3.8) is 0 Å². The lowest BCUT2D eigenvalue weighted by atomic mass is 10.1. The van der Waals surface area contributed by atoms with E-state index in [1.165, 1.54) is 37.4 Å². The molecule has 0 fully saturated rings. The summed E-state index contributed by atoms with van der Waals surface area (Å²) >= 11 is 1.44. The first kappa shape index (κ1) is 15.3. The highest BCUT2D eigenvalue weighted by Crippen LogP contribution is 2.32. The fraction of sp³-hybridized carbons (Fsp3) is 0.250. The molecule has 0 amide bonds. The van der Waals surface area contributed by atoms with Gasteiger partial charge in [0, 0.05) is 11.8 Å². The largest absolute Gasteiger partial charge is 0.503 e. The van der Waals surface area contributed by atoms with Gasteiger partial charge in [0.25, 0.3) is 0 Å². The normalized spacial score (nSPS) is 11.3. The summed E-state index contributed by atoms with van der Waals surface area (Å²) in [6, 6.07) is 6.21. The topological polar surface area (TPSA) is 48.4 Å². The molecule has 0 saturated heterocycles. The molecule has 1 aromatic heterocycles. The van der Waals surface area contributed by atoms with Crippen molar-refractivity contribution in [2.75, 3.05) is 14.2 Å². The summed E-state index contributed by atoms with van der Waals surface area (Å²) in [6.45, 7) is 4.11. The van der Waals surface area contributed by atoms with Gasteiger partial charge in [0.05, 0.1) is 25.4 Å². The van der Waals surface area contributed by atoms with E-state index >= 15 is 0 Å². The van der Waals surface area contributed by atoms with E-state index in [1.807, 2.05) is 6.07 Å². The van der Waals surface area contributed by atoms with Crippen molar-refractivity contribution >= 4 is 22.9 Å². The number of aromatic nitrogens is 1. The van der Waals surface area contributed by atoms with Gasteiger partial charge >= 0.3 is 5.97 Å². The molecule has 0 unspecified atom stereocenters. The van der Waals surface area contributed by atoms with Crippen LogP contribution in [0.25, 0.3) is 16.1 Å². The van der Waals surface area contributed by atoms with E-state index in [4.69, 9.17) is 9.47 Å². The monoisotopic (exact) mass is 303 g/mol. The molecule has 0 saturated carbocycles. The molecule has 1 aromatic carbocycles. The molecule has 0 aliphatic heterocycles. The first-order valence-corrected chi connectivity index (χ1v) is 7.23. The molecule has 4 nitrogen and oxygen atoms in total. The molecule has 21 heavy (non-hydrogen) atoms. The molecule has 110 valence electrons. The summed E-state index contributed by atoms with van der Waals surface area (Å²) in [7, 11) is 2.84. The highest BCUT2D eigenvalue weighted by atomic mass is 32.1. The quantitative estimate of drug-likeness (QED) is 0.492. The maximum absolute atomic E-state index is 11.8. The van der Waals surface area contributed by atoms with Gasteiger partial charge in [0.2, 0.25) is 0 Å². The zero-order chi connectivity index (χ0) is 15.4. The molecule has 0 aliphatic rings. The van der Waals surface area contributed by atoms with Gasteiger partial charge in [-0.25, -0.2) is 9.78 Å². The Hall–Kier alpha value is -2.14. The van der Waals surface area contributed by atoms with Crippen LogP contribution >= 0.6 is 11.3 Å². The third-order valence-corrected chi connectivity index (χ3v) is 4.09. The van der Waals surface area contributed by atoms with Crippen LogP contribution in [0.1, 0.15) is 16.0 Å². The first-order valence-electron chi connectivity index (χ1n) is 6.42. The van der Waals surface area contributed by atoms with Crippen LogP contribution in [0.15, 0.2) is 30.7 Å². The minimum Gasteiger partial charge on any atom is -0.503 e. The zero-order valence-electron chi connectivity index (χ0n) is 12.5. The van der Waals surface area contributed by atoms with Crippen LogP contribution in [0.3, 0.4) is 0 Å². The lowest BCUT2D eigenvalue weighted by molar-refractivity contribution is -0.133. The number of aryl methyl sites for hydroxylation is 2. The van der Waals surface area contributed by atoms with E-state index in [0.29, 0.717) is 5.57 Å². The number of benzene rings is 1. The lowest BCUT2D eigenvalue weighted by Crippen LogP contribution is -2.02. The summed E-state index contributed by atoms with van der Waals surface area (Å²) in [5, 5.41) is 0.869. The molecule has 0 bridgehead atoms. The van der Waals surface area contributed by atoms with Crippen LogP contribution in [0.4, 0.5) is 0 Å². The van der Waals surface area contributed by atoms with E-state index in [9.17, 15) is 4.79 Å². The fourth-order valence-electron chi connectivity index (χ4n) is 2.01. The highest BCUT2D eigenvalue weighted by molar-refractivity contribution is 7.16. The third kappa shape index (κ3) is 3.31. The Balaban J connectivity index is 2.41. The van der Waals surface area contributed by atoms with Crippen molar-refractivity contribution in [3.05, 3.63) is 46.7 Å². The Kier molecular flexibility index (Phi) is 4.75. The summed E-state index contributed by atoms with van der Waals surface area (Å²) in [6.07, 6.45) is 3.05. The minimum absolute atomic E-state index is 0.369. The smallest absolute Gasteiger partial charge is 0.342 e. The number of carbonyl (C=O) groups excluding carboxylic acids is 1. The average Bonchev–Trinajstić information content (AvgIpc) is 2.93. The number of methoxy groups -OCH3 is 2. The predicted molar refractivity (Wildman–Crippen MR) is 84.0 cm³/mol. The van der Waals surface area contributed by atoms with Crippen molar-refractivity contribution in [1.82, 2.24) is 4.98 Å². The maximum atomic E-state index is 11.8. The summed E-state index contributed by atoms with van der Waals surface area (Å²) in [5.74, 6) is -0.437. The van der Waals surface area contributed by atoms with Gasteiger partial charge in [-0.15, -0.1) is 11.3 Å². The van der Waals surface area contributed by atoms with E-state index in [2.05, 4.69) is 31.0 Å². The average molecular weight is 303 g/mol. The Morgan fingerprint density at radius 3 is 2.67 bits per heavy atom. The Labute approximate surface area is 128 Å². The number of thiazole rings is 1. The second-order valence-corrected chi connectivity index (χ2v) is 5.64. The van der Waals surface area contributed by atoms with Gasteiger partial charge in [-0.1, -0.05) is 23.8 Å². The van der Waals surface area contributed by atoms with Crippen molar-refractivity contribution in [2.24, 2.45) is 0 Å². The number of nitrogens with zero attached hydrogens (tertiary/aromatic N) is 1. The fourth-order valence-corrected chi connectivity index (χ4v) is 3.01.